The fourth-order valence-electron chi connectivity index (χ4n) is 4.16. The Bertz CT molecular complexity index is 681. The van der Waals surface area contributed by atoms with Crippen LogP contribution in [0, 0.1) is 0 Å². The summed E-state index contributed by atoms with van der Waals surface area (Å²) in [4.78, 5) is 11.2. The quantitative estimate of drug-likeness (QED) is 0.892. The molecular weight excluding hydrogens is 326 g/mol. The molecule has 6 heteroatoms. The molecule has 2 aromatic rings. The molecule has 0 amide bonds. The minimum Gasteiger partial charge on any atom is -0.369 e. The van der Waals surface area contributed by atoms with Gasteiger partial charge in [0.15, 0.2) is 0 Å². The van der Waals surface area contributed by atoms with Crippen LogP contribution in [-0.2, 0) is 18.3 Å². The van der Waals surface area contributed by atoms with Crippen LogP contribution in [0.3, 0.4) is 0 Å². The summed E-state index contributed by atoms with van der Waals surface area (Å²) in [5, 5.41) is 3.89. The molecule has 2 fully saturated rings. The third-order valence-electron chi connectivity index (χ3n) is 5.63. The third kappa shape index (κ3) is 4.14. The van der Waals surface area contributed by atoms with E-state index in [4.69, 9.17) is 4.74 Å². The van der Waals surface area contributed by atoms with Crippen molar-refractivity contribution in [3.8, 4) is 0 Å². The van der Waals surface area contributed by atoms with Crippen LogP contribution in [0.1, 0.15) is 43.2 Å². The Hall–Kier alpha value is -1.76. The Balaban J connectivity index is 1.31. The van der Waals surface area contributed by atoms with E-state index in [2.05, 4.69) is 43.9 Å². The number of hydrogen-bond donors (Lipinski definition) is 1. The first-order chi connectivity index (χ1) is 12.8. The number of pyridine rings is 1. The zero-order valence-corrected chi connectivity index (χ0v) is 15.6. The number of imidazole rings is 1. The van der Waals surface area contributed by atoms with E-state index in [1.807, 2.05) is 24.8 Å². The van der Waals surface area contributed by atoms with Gasteiger partial charge < -0.3 is 14.6 Å². The Morgan fingerprint density at radius 1 is 1.15 bits per heavy atom. The second kappa shape index (κ2) is 8.29. The summed E-state index contributed by atoms with van der Waals surface area (Å²) in [5.41, 5.74) is 1.35. The monoisotopic (exact) mass is 355 g/mol. The van der Waals surface area contributed by atoms with Gasteiger partial charge in [-0.3, -0.25) is 9.88 Å². The van der Waals surface area contributed by atoms with E-state index in [1.54, 1.807) is 0 Å². The van der Waals surface area contributed by atoms with E-state index in [1.165, 1.54) is 18.4 Å². The Labute approximate surface area is 155 Å². The number of piperidine rings is 1. The molecule has 140 valence electrons. The fraction of sp³-hybridized carbons (Fsp3) is 0.600. The lowest BCUT2D eigenvalue weighted by Crippen LogP contribution is -2.49. The summed E-state index contributed by atoms with van der Waals surface area (Å²) in [7, 11) is 2.05. The average molecular weight is 355 g/mol. The van der Waals surface area contributed by atoms with Gasteiger partial charge in [-0.15, -0.1) is 0 Å². The standard InChI is InChI=1S/C20H29N5O/c1-24-13-10-22-20(24)19-18(3-2-14-26-19)23-17-6-11-25(12-7-17)15-16-4-8-21-9-5-16/h4-5,8-10,13,17-19,23H,2-3,6-7,11-12,14-15H2,1H3/t18-,19-/m0/s1. The molecule has 2 aromatic heterocycles. The molecule has 0 aromatic carbocycles. The maximum Gasteiger partial charge on any atom is 0.139 e. The van der Waals surface area contributed by atoms with Crippen LogP contribution in [0.4, 0.5) is 0 Å². The lowest BCUT2D eigenvalue weighted by Gasteiger charge is -2.38. The van der Waals surface area contributed by atoms with Crippen LogP contribution in [0.15, 0.2) is 36.9 Å². The smallest absolute Gasteiger partial charge is 0.139 e. The summed E-state index contributed by atoms with van der Waals surface area (Å²) in [6.45, 7) is 4.14. The van der Waals surface area contributed by atoms with E-state index < -0.39 is 0 Å². The van der Waals surface area contributed by atoms with Gasteiger partial charge in [0, 0.05) is 57.1 Å². The summed E-state index contributed by atoms with van der Waals surface area (Å²) in [5.74, 6) is 1.04. The van der Waals surface area contributed by atoms with E-state index in [0.29, 0.717) is 12.1 Å². The minimum absolute atomic E-state index is 0.0681. The lowest BCUT2D eigenvalue weighted by atomic mass is 9.97. The van der Waals surface area contributed by atoms with E-state index in [9.17, 15) is 0 Å². The molecule has 2 saturated heterocycles. The first-order valence-corrected chi connectivity index (χ1v) is 9.76. The van der Waals surface area contributed by atoms with Gasteiger partial charge in [0.05, 0.1) is 0 Å². The predicted octanol–water partition coefficient (Wildman–Crippen LogP) is 2.29. The molecule has 6 nitrogen and oxygen atoms in total. The Morgan fingerprint density at radius 3 is 2.69 bits per heavy atom. The molecule has 26 heavy (non-hydrogen) atoms. The molecule has 1 N–H and O–H groups in total. The average Bonchev–Trinajstić information content (AvgIpc) is 3.10. The molecule has 4 heterocycles. The number of rotatable bonds is 5. The second-order valence-corrected chi connectivity index (χ2v) is 7.51. The van der Waals surface area contributed by atoms with Crippen molar-refractivity contribution in [1.82, 2.24) is 24.8 Å². The molecule has 2 atom stereocenters. The van der Waals surface area contributed by atoms with Crippen LogP contribution >= 0.6 is 0 Å². The van der Waals surface area contributed by atoms with Gasteiger partial charge in [-0.1, -0.05) is 0 Å². The SMILES string of the molecule is Cn1ccnc1[C@H]1OCCC[C@@H]1NC1CCN(Cc2ccncc2)CC1. The highest BCUT2D eigenvalue weighted by molar-refractivity contribution is 5.09. The number of likely N-dealkylation sites (tertiary alicyclic amines) is 1. The van der Waals surface area contributed by atoms with Crippen molar-refractivity contribution in [2.45, 2.75) is 50.4 Å². The largest absolute Gasteiger partial charge is 0.369 e. The molecule has 2 aliphatic heterocycles. The van der Waals surface area contributed by atoms with Crippen molar-refractivity contribution >= 4 is 0 Å². The van der Waals surface area contributed by atoms with Crippen molar-refractivity contribution in [2.75, 3.05) is 19.7 Å². The topological polar surface area (TPSA) is 55.2 Å². The maximum absolute atomic E-state index is 6.10. The van der Waals surface area contributed by atoms with Crippen LogP contribution in [0.2, 0.25) is 0 Å². The van der Waals surface area contributed by atoms with Crippen LogP contribution in [0.25, 0.3) is 0 Å². The van der Waals surface area contributed by atoms with Crippen molar-refractivity contribution in [2.24, 2.45) is 7.05 Å². The minimum atomic E-state index is 0.0681. The number of aromatic nitrogens is 3. The van der Waals surface area contributed by atoms with E-state index in [-0.39, 0.29) is 6.10 Å². The molecule has 0 radical (unpaired) electrons. The summed E-state index contributed by atoms with van der Waals surface area (Å²) in [6, 6.07) is 5.15. The van der Waals surface area contributed by atoms with Gasteiger partial charge in [0.1, 0.15) is 11.9 Å². The van der Waals surface area contributed by atoms with Crippen LogP contribution in [0.5, 0.6) is 0 Å². The zero-order valence-electron chi connectivity index (χ0n) is 15.6. The molecule has 0 unspecified atom stereocenters. The summed E-state index contributed by atoms with van der Waals surface area (Å²) >= 11 is 0. The number of nitrogens with zero attached hydrogens (tertiary/aromatic N) is 4. The number of aryl methyl sites for hydroxylation is 1. The molecule has 2 aliphatic rings. The van der Waals surface area contributed by atoms with Crippen molar-refractivity contribution < 1.29 is 4.74 Å². The van der Waals surface area contributed by atoms with Gasteiger partial charge >= 0.3 is 0 Å². The highest BCUT2D eigenvalue weighted by Crippen LogP contribution is 2.28. The Morgan fingerprint density at radius 2 is 1.96 bits per heavy atom. The molecule has 0 saturated carbocycles. The first kappa shape index (κ1) is 17.6. The van der Waals surface area contributed by atoms with Gasteiger partial charge in [0.25, 0.3) is 0 Å². The maximum atomic E-state index is 6.10. The van der Waals surface area contributed by atoms with Gasteiger partial charge in [-0.25, -0.2) is 4.98 Å². The van der Waals surface area contributed by atoms with Crippen LogP contribution < -0.4 is 5.32 Å². The fourth-order valence-corrected chi connectivity index (χ4v) is 4.16. The van der Waals surface area contributed by atoms with Gasteiger partial charge in [-0.05, 0) is 56.5 Å². The molecule has 0 bridgehead atoms. The van der Waals surface area contributed by atoms with Gasteiger partial charge in [0.2, 0.25) is 0 Å². The van der Waals surface area contributed by atoms with Crippen LogP contribution in [-0.4, -0.2) is 51.2 Å². The van der Waals surface area contributed by atoms with Gasteiger partial charge in [-0.2, -0.15) is 0 Å². The van der Waals surface area contributed by atoms with Crippen molar-refractivity contribution in [3.05, 3.63) is 48.3 Å². The third-order valence-corrected chi connectivity index (χ3v) is 5.63. The molecular formula is C20H29N5O. The lowest BCUT2D eigenvalue weighted by molar-refractivity contribution is -0.0227. The molecule has 4 rings (SSSR count). The zero-order chi connectivity index (χ0) is 17.8. The van der Waals surface area contributed by atoms with Crippen molar-refractivity contribution in [1.29, 1.82) is 0 Å². The summed E-state index contributed by atoms with van der Waals surface area (Å²) in [6.07, 6.45) is 12.4. The van der Waals surface area contributed by atoms with E-state index >= 15 is 0 Å². The number of hydrogen-bond acceptors (Lipinski definition) is 5. The molecule has 0 spiro atoms. The summed E-state index contributed by atoms with van der Waals surface area (Å²) < 4.78 is 8.18. The normalized spacial score (nSPS) is 25.4. The highest BCUT2D eigenvalue weighted by atomic mass is 16.5. The second-order valence-electron chi connectivity index (χ2n) is 7.51. The number of ether oxygens (including phenoxy) is 1. The van der Waals surface area contributed by atoms with Crippen molar-refractivity contribution in [3.63, 3.8) is 0 Å². The Kier molecular flexibility index (Phi) is 5.62. The van der Waals surface area contributed by atoms with E-state index in [0.717, 1.165) is 44.9 Å². The first-order valence-electron chi connectivity index (χ1n) is 9.76. The predicted molar refractivity (Wildman–Crippen MR) is 101 cm³/mol. The molecule has 0 aliphatic carbocycles. The highest BCUT2D eigenvalue weighted by Gasteiger charge is 2.32. The number of nitrogens with one attached hydrogen (secondary N) is 1.